The van der Waals surface area contributed by atoms with Crippen LogP contribution in [0.3, 0.4) is 0 Å². The van der Waals surface area contributed by atoms with Gasteiger partial charge in [0.2, 0.25) is 5.95 Å². The minimum Gasteiger partial charge on any atom is -0.351 e. The van der Waals surface area contributed by atoms with E-state index in [-0.39, 0.29) is 12.9 Å². The molecule has 1 saturated heterocycles. The number of hydrogen-bond acceptors (Lipinski definition) is 4. The second-order valence-corrected chi connectivity index (χ2v) is 6.88. The molecule has 2 atom stereocenters. The molecular weight excluding hydrogens is 267 g/mol. The first-order valence-electron chi connectivity index (χ1n) is 7.90. The standard InChI is InChI=1S/C16H25FN4.H2/c1-4-16(17)9-13(5-7-15(16)10-21(3)11-15)20-14-18-8-6-12(2)19-14;/h6,8,13H,4-5,7,9-11H2,1-3H3,(H,18,19,20);1H. The van der Waals surface area contributed by atoms with Crippen molar-refractivity contribution in [1.29, 1.82) is 0 Å². The molecule has 1 saturated carbocycles. The fourth-order valence-corrected chi connectivity index (χ4v) is 4.16. The maximum atomic E-state index is 15.5. The molecule has 1 aliphatic carbocycles. The van der Waals surface area contributed by atoms with Crippen molar-refractivity contribution in [3.05, 3.63) is 18.0 Å². The predicted octanol–water partition coefficient (Wildman–Crippen LogP) is 3.05. The van der Waals surface area contributed by atoms with Crippen molar-refractivity contribution in [2.45, 2.75) is 51.2 Å². The van der Waals surface area contributed by atoms with Gasteiger partial charge in [-0.1, -0.05) is 6.92 Å². The van der Waals surface area contributed by atoms with Crippen LogP contribution in [0.25, 0.3) is 0 Å². The molecule has 1 spiro atoms. The van der Waals surface area contributed by atoms with Crippen molar-refractivity contribution in [3.63, 3.8) is 0 Å². The highest BCUT2D eigenvalue weighted by atomic mass is 19.1. The molecule has 118 valence electrons. The molecule has 1 N–H and O–H groups in total. The Morgan fingerprint density at radius 3 is 2.90 bits per heavy atom. The SMILES string of the molecule is CCC1(F)CC(Nc2nccc(C)n2)CCC12CN(C)C2.[HH]. The topological polar surface area (TPSA) is 41.1 Å². The molecule has 2 unspecified atom stereocenters. The molecule has 1 aromatic heterocycles. The first kappa shape index (κ1) is 14.7. The van der Waals surface area contributed by atoms with Crippen LogP contribution in [-0.2, 0) is 0 Å². The third-order valence-electron chi connectivity index (χ3n) is 5.33. The van der Waals surface area contributed by atoms with Crippen molar-refractivity contribution in [3.8, 4) is 0 Å². The Balaban J connectivity index is 0.00000176. The second kappa shape index (κ2) is 5.20. The van der Waals surface area contributed by atoms with Gasteiger partial charge in [-0.05, 0) is 39.3 Å². The number of nitrogens with one attached hydrogen (secondary N) is 1. The van der Waals surface area contributed by atoms with E-state index in [1.807, 2.05) is 19.9 Å². The third kappa shape index (κ3) is 2.52. The van der Waals surface area contributed by atoms with Gasteiger partial charge in [0.15, 0.2) is 0 Å². The number of nitrogens with zero attached hydrogens (tertiary/aromatic N) is 3. The fourth-order valence-electron chi connectivity index (χ4n) is 4.16. The zero-order valence-electron chi connectivity index (χ0n) is 13.2. The number of aromatic nitrogens is 2. The van der Waals surface area contributed by atoms with E-state index in [2.05, 4.69) is 27.2 Å². The Morgan fingerprint density at radius 2 is 2.29 bits per heavy atom. The van der Waals surface area contributed by atoms with Gasteiger partial charge in [0.1, 0.15) is 5.67 Å². The summed E-state index contributed by atoms with van der Waals surface area (Å²) in [4.78, 5) is 10.8. The lowest BCUT2D eigenvalue weighted by atomic mass is 9.58. The van der Waals surface area contributed by atoms with E-state index in [1.165, 1.54) is 0 Å². The van der Waals surface area contributed by atoms with E-state index in [0.717, 1.165) is 31.6 Å². The van der Waals surface area contributed by atoms with Crippen molar-refractivity contribution >= 4 is 5.95 Å². The van der Waals surface area contributed by atoms with Crippen LogP contribution in [0.4, 0.5) is 10.3 Å². The van der Waals surface area contributed by atoms with E-state index < -0.39 is 5.67 Å². The Kier molecular flexibility index (Phi) is 3.64. The van der Waals surface area contributed by atoms with Gasteiger partial charge < -0.3 is 10.2 Å². The van der Waals surface area contributed by atoms with Crippen LogP contribution in [0.1, 0.15) is 39.7 Å². The summed E-state index contributed by atoms with van der Waals surface area (Å²) >= 11 is 0. The van der Waals surface area contributed by atoms with Crippen LogP contribution >= 0.6 is 0 Å². The average molecular weight is 294 g/mol. The van der Waals surface area contributed by atoms with Crippen LogP contribution in [-0.4, -0.2) is 46.7 Å². The smallest absolute Gasteiger partial charge is 0.223 e. The van der Waals surface area contributed by atoms with Crippen molar-refractivity contribution in [2.75, 3.05) is 25.5 Å². The summed E-state index contributed by atoms with van der Waals surface area (Å²) in [5.74, 6) is 0.625. The number of alkyl halides is 1. The molecule has 2 heterocycles. The van der Waals surface area contributed by atoms with E-state index in [4.69, 9.17) is 0 Å². The second-order valence-electron chi connectivity index (χ2n) is 6.88. The summed E-state index contributed by atoms with van der Waals surface area (Å²) in [6.07, 6.45) is 4.85. The van der Waals surface area contributed by atoms with Gasteiger partial charge in [-0.15, -0.1) is 0 Å². The molecule has 5 heteroatoms. The molecular formula is C16H27FN4. The first-order valence-corrected chi connectivity index (χ1v) is 7.90. The van der Waals surface area contributed by atoms with Crippen molar-refractivity contribution < 1.29 is 5.82 Å². The minimum atomic E-state index is -1.07. The summed E-state index contributed by atoms with van der Waals surface area (Å²) in [5.41, 5.74) is -0.260. The summed E-state index contributed by atoms with van der Waals surface area (Å²) < 4.78 is 15.5. The largest absolute Gasteiger partial charge is 0.351 e. The van der Waals surface area contributed by atoms with Gasteiger partial charge in [0.05, 0.1) is 0 Å². The normalized spacial score (nSPS) is 31.9. The molecule has 0 aromatic carbocycles. The van der Waals surface area contributed by atoms with Crippen molar-refractivity contribution in [2.24, 2.45) is 5.41 Å². The lowest BCUT2D eigenvalue weighted by Crippen LogP contribution is -2.67. The van der Waals surface area contributed by atoms with E-state index in [0.29, 0.717) is 18.8 Å². The fraction of sp³-hybridized carbons (Fsp3) is 0.750. The van der Waals surface area contributed by atoms with Gasteiger partial charge in [-0.25, -0.2) is 14.4 Å². The number of halogens is 1. The first-order chi connectivity index (χ1) is 9.96. The number of aryl methyl sites for hydroxylation is 1. The van der Waals surface area contributed by atoms with E-state index >= 15 is 4.39 Å². The molecule has 3 rings (SSSR count). The highest BCUT2D eigenvalue weighted by molar-refractivity contribution is 5.28. The van der Waals surface area contributed by atoms with Crippen LogP contribution < -0.4 is 5.32 Å². The molecule has 0 radical (unpaired) electrons. The molecule has 1 aromatic rings. The number of likely N-dealkylation sites (tertiary alicyclic amines) is 1. The molecule has 2 aliphatic rings. The van der Waals surface area contributed by atoms with E-state index in [1.54, 1.807) is 6.20 Å². The minimum absolute atomic E-state index is 0. The maximum Gasteiger partial charge on any atom is 0.223 e. The van der Waals surface area contributed by atoms with Gasteiger partial charge in [0, 0.05) is 44.3 Å². The van der Waals surface area contributed by atoms with Gasteiger partial charge in [-0.3, -0.25) is 0 Å². The lowest BCUT2D eigenvalue weighted by Gasteiger charge is -2.59. The molecule has 0 amide bonds. The Bertz CT molecular complexity index is 521. The summed E-state index contributed by atoms with van der Waals surface area (Å²) in [5, 5.41) is 3.33. The van der Waals surface area contributed by atoms with Crippen LogP contribution in [0.2, 0.25) is 0 Å². The quantitative estimate of drug-likeness (QED) is 0.930. The van der Waals surface area contributed by atoms with Crippen LogP contribution in [0, 0.1) is 12.3 Å². The lowest BCUT2D eigenvalue weighted by molar-refractivity contribution is -0.140. The molecule has 2 fully saturated rings. The number of hydrogen-bond donors (Lipinski definition) is 1. The summed E-state index contributed by atoms with van der Waals surface area (Å²) in [7, 11) is 2.08. The number of anilines is 1. The van der Waals surface area contributed by atoms with Crippen LogP contribution in [0.15, 0.2) is 12.3 Å². The van der Waals surface area contributed by atoms with Crippen molar-refractivity contribution in [1.82, 2.24) is 14.9 Å². The molecule has 0 bridgehead atoms. The highest BCUT2D eigenvalue weighted by Gasteiger charge is 2.59. The Hall–Kier alpha value is -1.23. The Morgan fingerprint density at radius 1 is 1.52 bits per heavy atom. The van der Waals surface area contributed by atoms with Gasteiger partial charge in [-0.2, -0.15) is 0 Å². The average Bonchev–Trinajstić information content (AvgIpc) is 2.41. The van der Waals surface area contributed by atoms with Crippen LogP contribution in [0.5, 0.6) is 0 Å². The molecule has 4 nitrogen and oxygen atoms in total. The third-order valence-corrected chi connectivity index (χ3v) is 5.33. The Labute approximate surface area is 127 Å². The monoisotopic (exact) mass is 294 g/mol. The summed E-state index contributed by atoms with van der Waals surface area (Å²) in [6, 6.07) is 2.00. The molecule has 21 heavy (non-hydrogen) atoms. The summed E-state index contributed by atoms with van der Waals surface area (Å²) in [6.45, 7) is 5.71. The zero-order chi connectivity index (χ0) is 15.1. The zero-order valence-corrected chi connectivity index (χ0v) is 13.2. The van der Waals surface area contributed by atoms with Gasteiger partial charge in [0.25, 0.3) is 0 Å². The maximum absolute atomic E-state index is 15.5. The predicted molar refractivity (Wildman–Crippen MR) is 84.2 cm³/mol. The molecule has 1 aliphatic heterocycles. The van der Waals surface area contributed by atoms with Gasteiger partial charge >= 0.3 is 0 Å². The number of rotatable bonds is 3. The van der Waals surface area contributed by atoms with E-state index in [9.17, 15) is 0 Å². The highest BCUT2D eigenvalue weighted by Crippen LogP contribution is 2.54.